The van der Waals surface area contributed by atoms with Crippen molar-refractivity contribution in [3.63, 3.8) is 0 Å². The van der Waals surface area contributed by atoms with Gasteiger partial charge in [0.1, 0.15) is 11.5 Å². The maximum absolute atomic E-state index is 13.9. The van der Waals surface area contributed by atoms with Gasteiger partial charge in [-0.1, -0.05) is 49.6 Å². The van der Waals surface area contributed by atoms with Crippen molar-refractivity contribution in [3.05, 3.63) is 53.7 Å². The van der Waals surface area contributed by atoms with Crippen LogP contribution < -0.4 is 5.32 Å². The van der Waals surface area contributed by atoms with E-state index in [0.29, 0.717) is 24.7 Å². The van der Waals surface area contributed by atoms with E-state index in [1.165, 1.54) is 6.42 Å². The molecule has 0 radical (unpaired) electrons. The van der Waals surface area contributed by atoms with Crippen molar-refractivity contribution in [2.24, 2.45) is 11.8 Å². The van der Waals surface area contributed by atoms with Crippen LogP contribution in [0.3, 0.4) is 0 Å². The average Bonchev–Trinajstić information content (AvgIpc) is 3.52. The Morgan fingerprint density at radius 2 is 1.88 bits per heavy atom. The molecule has 1 aromatic heterocycles. The van der Waals surface area contributed by atoms with Gasteiger partial charge in [-0.3, -0.25) is 9.59 Å². The van der Waals surface area contributed by atoms with Crippen LogP contribution in [-0.2, 0) is 16.0 Å². The van der Waals surface area contributed by atoms with Gasteiger partial charge < -0.3 is 14.6 Å². The predicted molar refractivity (Wildman–Crippen MR) is 128 cm³/mol. The summed E-state index contributed by atoms with van der Waals surface area (Å²) in [4.78, 5) is 33.2. The largest absolute Gasteiger partial charge is 0.443 e. The summed E-state index contributed by atoms with van der Waals surface area (Å²) in [6.45, 7) is 2.60. The van der Waals surface area contributed by atoms with E-state index in [1.807, 2.05) is 30.0 Å². The zero-order valence-corrected chi connectivity index (χ0v) is 20.0. The second kappa shape index (κ2) is 11.1. The number of nitrogens with zero attached hydrogens (tertiary/aromatic N) is 2. The van der Waals surface area contributed by atoms with Gasteiger partial charge >= 0.3 is 0 Å². The van der Waals surface area contributed by atoms with Gasteiger partial charge in [-0.2, -0.15) is 0 Å². The molecule has 33 heavy (non-hydrogen) atoms. The first-order valence-electron chi connectivity index (χ1n) is 12.6. The molecule has 0 unspecified atom stereocenters. The highest BCUT2D eigenvalue weighted by Crippen LogP contribution is 2.38. The molecule has 4 rings (SSSR count). The molecule has 6 nitrogen and oxygen atoms in total. The van der Waals surface area contributed by atoms with Gasteiger partial charge in [0.15, 0.2) is 5.89 Å². The quantitative estimate of drug-likeness (QED) is 0.598. The Morgan fingerprint density at radius 1 is 1.12 bits per heavy atom. The van der Waals surface area contributed by atoms with Crippen LogP contribution in [0.4, 0.5) is 0 Å². The molecule has 1 amide bonds. The Bertz CT molecular complexity index is 920. The molecule has 3 atom stereocenters. The van der Waals surface area contributed by atoms with Gasteiger partial charge in [0.25, 0.3) is 0 Å². The molecule has 0 bridgehead atoms. The molecule has 1 aliphatic carbocycles. The van der Waals surface area contributed by atoms with E-state index in [2.05, 4.69) is 22.4 Å². The van der Waals surface area contributed by atoms with Gasteiger partial charge in [0, 0.05) is 25.3 Å². The van der Waals surface area contributed by atoms with E-state index >= 15 is 0 Å². The number of nitrogens with one attached hydrogen (secondary N) is 1. The minimum absolute atomic E-state index is 0.0857. The summed E-state index contributed by atoms with van der Waals surface area (Å²) in [6, 6.07) is 9.83. The summed E-state index contributed by atoms with van der Waals surface area (Å²) >= 11 is 0. The molecule has 2 aromatic rings. The number of oxazole rings is 1. The zero-order valence-electron chi connectivity index (χ0n) is 20.0. The topological polar surface area (TPSA) is 75.4 Å². The first-order chi connectivity index (χ1) is 16.1. The summed E-state index contributed by atoms with van der Waals surface area (Å²) in [6.07, 6.45) is 10.2. The molecule has 1 N–H and O–H groups in total. The molecule has 6 heteroatoms. The lowest BCUT2D eigenvalue weighted by molar-refractivity contribution is -0.142. The average molecular weight is 452 g/mol. The Hall–Kier alpha value is -2.47. The van der Waals surface area contributed by atoms with Crippen LogP contribution in [0.2, 0.25) is 0 Å². The summed E-state index contributed by atoms with van der Waals surface area (Å²) in [5.41, 5.74) is 1.15. The fourth-order valence-electron chi connectivity index (χ4n) is 5.42. The lowest BCUT2D eigenvalue weighted by atomic mass is 9.76. The number of hydrogen-bond donors (Lipinski definition) is 1. The zero-order chi connectivity index (χ0) is 23.2. The van der Waals surface area contributed by atoms with Crippen molar-refractivity contribution in [1.29, 1.82) is 0 Å². The molecule has 0 spiro atoms. The number of likely N-dealkylation sites (N-methyl/N-ethyl adjacent to an activating group) is 1. The number of carbonyl (C=O) groups excluding carboxylic acids is 2. The fraction of sp³-hybridized carbons (Fsp3) is 0.593. The Labute approximate surface area is 197 Å². The third-order valence-corrected chi connectivity index (χ3v) is 7.51. The highest BCUT2D eigenvalue weighted by Gasteiger charge is 2.40. The standard InChI is InChI=1S/C27H37N3O3/c1-19(28-2)24(31)17-22(21-12-7-4-8-13-21)27(32)30-15-9-14-23(30)25-18-29-26(33-25)16-20-10-5-3-6-11-20/h3,5-6,10-11,18-19,21-23,28H,4,7-9,12-17H2,1-2H3/t19-,22-,23-/m0/s1. The van der Waals surface area contributed by atoms with E-state index in [9.17, 15) is 9.59 Å². The highest BCUT2D eigenvalue weighted by molar-refractivity contribution is 5.90. The number of likely N-dealkylation sites (tertiary alicyclic amines) is 1. The maximum Gasteiger partial charge on any atom is 0.227 e. The molecule has 2 fully saturated rings. The number of rotatable bonds is 9. The SMILES string of the molecule is CN[C@@H](C)C(=O)C[C@H](C(=O)N1CCC[C@H]1c1cnc(Cc2ccccc2)o1)C1CCCCC1. The minimum Gasteiger partial charge on any atom is -0.443 e. The molecule has 178 valence electrons. The Kier molecular flexibility index (Phi) is 7.97. The number of hydrogen-bond acceptors (Lipinski definition) is 5. The van der Waals surface area contributed by atoms with Crippen molar-refractivity contribution >= 4 is 11.7 Å². The second-order valence-corrected chi connectivity index (χ2v) is 9.69. The van der Waals surface area contributed by atoms with Crippen LogP contribution in [-0.4, -0.2) is 41.2 Å². The fourth-order valence-corrected chi connectivity index (χ4v) is 5.42. The van der Waals surface area contributed by atoms with Crippen LogP contribution in [0.15, 0.2) is 40.9 Å². The van der Waals surface area contributed by atoms with Gasteiger partial charge in [-0.15, -0.1) is 0 Å². The number of benzene rings is 1. The van der Waals surface area contributed by atoms with Crippen LogP contribution in [0, 0.1) is 11.8 Å². The monoisotopic (exact) mass is 451 g/mol. The molecule has 1 saturated heterocycles. The van der Waals surface area contributed by atoms with Crippen molar-refractivity contribution in [2.45, 2.75) is 76.8 Å². The molecular weight excluding hydrogens is 414 g/mol. The number of aromatic nitrogens is 1. The predicted octanol–water partition coefficient (Wildman–Crippen LogP) is 4.69. The van der Waals surface area contributed by atoms with Gasteiger partial charge in [0.2, 0.25) is 5.91 Å². The lowest BCUT2D eigenvalue weighted by Gasteiger charge is -2.34. The van der Waals surface area contributed by atoms with Gasteiger partial charge in [-0.05, 0) is 51.1 Å². The van der Waals surface area contributed by atoms with Crippen molar-refractivity contribution in [2.75, 3.05) is 13.6 Å². The van der Waals surface area contributed by atoms with Crippen LogP contribution in [0.1, 0.15) is 81.5 Å². The third kappa shape index (κ3) is 5.72. The van der Waals surface area contributed by atoms with Gasteiger partial charge in [0.05, 0.1) is 18.3 Å². The molecule has 2 heterocycles. The second-order valence-electron chi connectivity index (χ2n) is 9.69. The first-order valence-corrected chi connectivity index (χ1v) is 12.6. The van der Waals surface area contributed by atoms with E-state index in [1.54, 1.807) is 13.2 Å². The third-order valence-electron chi connectivity index (χ3n) is 7.51. The summed E-state index contributed by atoms with van der Waals surface area (Å²) in [7, 11) is 1.80. The summed E-state index contributed by atoms with van der Waals surface area (Å²) in [5.74, 6) is 1.76. The molecule has 1 aromatic carbocycles. The van der Waals surface area contributed by atoms with Crippen LogP contribution in [0.5, 0.6) is 0 Å². The Balaban J connectivity index is 1.50. The number of ketones is 1. The summed E-state index contributed by atoms with van der Waals surface area (Å²) in [5, 5.41) is 3.04. The smallest absolute Gasteiger partial charge is 0.227 e. The molecular formula is C27H37N3O3. The van der Waals surface area contributed by atoms with Crippen molar-refractivity contribution in [1.82, 2.24) is 15.2 Å². The minimum atomic E-state index is -0.235. The maximum atomic E-state index is 13.9. The molecule has 1 saturated carbocycles. The number of amides is 1. The van der Waals surface area contributed by atoms with E-state index < -0.39 is 0 Å². The van der Waals surface area contributed by atoms with Crippen molar-refractivity contribution in [3.8, 4) is 0 Å². The Morgan fingerprint density at radius 3 is 2.61 bits per heavy atom. The van der Waals surface area contributed by atoms with Crippen LogP contribution >= 0.6 is 0 Å². The van der Waals surface area contributed by atoms with Crippen LogP contribution in [0.25, 0.3) is 0 Å². The molecule has 1 aliphatic heterocycles. The molecule has 2 aliphatic rings. The number of Topliss-reactive ketones (excluding diaryl/α,β-unsaturated/α-hetero) is 1. The van der Waals surface area contributed by atoms with Crippen molar-refractivity contribution < 1.29 is 14.0 Å². The lowest BCUT2D eigenvalue weighted by Crippen LogP contribution is -2.42. The highest BCUT2D eigenvalue weighted by atomic mass is 16.4. The summed E-state index contributed by atoms with van der Waals surface area (Å²) < 4.78 is 6.13. The first kappa shape index (κ1) is 23.7. The van der Waals surface area contributed by atoms with Gasteiger partial charge in [-0.25, -0.2) is 4.98 Å². The number of carbonyl (C=O) groups is 2. The van der Waals surface area contributed by atoms with E-state index in [4.69, 9.17) is 4.42 Å². The normalized spacial score (nSPS) is 21.2. The van der Waals surface area contributed by atoms with E-state index in [0.717, 1.165) is 56.4 Å². The van der Waals surface area contributed by atoms with E-state index in [-0.39, 0.29) is 29.7 Å².